The average Bonchev–Trinajstić information content (AvgIpc) is 2.33. The average molecular weight is 259 g/mol. The summed E-state index contributed by atoms with van der Waals surface area (Å²) in [6.07, 6.45) is 0. The topological polar surface area (TPSA) is 29.5 Å². The molecule has 3 heteroatoms. The molecule has 0 spiro atoms. The third-order valence-electron chi connectivity index (χ3n) is 2.70. The molecule has 0 bridgehead atoms. The highest BCUT2D eigenvalue weighted by Crippen LogP contribution is 2.28. The van der Waals surface area contributed by atoms with Crippen LogP contribution < -0.4 is 4.74 Å². The molecule has 19 heavy (non-hydrogen) atoms. The van der Waals surface area contributed by atoms with Gasteiger partial charge in [-0.25, -0.2) is 0 Å². The summed E-state index contributed by atoms with van der Waals surface area (Å²) in [5, 5.41) is 0. The van der Waals surface area contributed by atoms with Gasteiger partial charge >= 0.3 is 0 Å². The highest BCUT2D eigenvalue weighted by molar-refractivity contribution is 6.10. The molecule has 0 amide bonds. The molecule has 0 aromatic heterocycles. The van der Waals surface area contributed by atoms with E-state index < -0.39 is 0 Å². The second-order valence-corrected chi connectivity index (χ2v) is 5.63. The fourth-order valence-electron chi connectivity index (χ4n) is 1.58. The molecular formula is C16H21NO2. The lowest BCUT2D eigenvalue weighted by Gasteiger charge is -2.20. The minimum Gasteiger partial charge on any atom is -0.496 e. The van der Waals surface area contributed by atoms with Gasteiger partial charge in [0.25, 0.3) is 0 Å². The maximum atomic E-state index is 12.1. The number of ether oxygens (including phenoxy) is 1. The fourth-order valence-corrected chi connectivity index (χ4v) is 1.58. The van der Waals surface area contributed by atoms with Crippen molar-refractivity contribution in [2.75, 3.05) is 21.2 Å². The van der Waals surface area contributed by atoms with E-state index in [0.29, 0.717) is 11.3 Å². The van der Waals surface area contributed by atoms with Gasteiger partial charge in [-0.2, -0.15) is 0 Å². The lowest BCUT2D eigenvalue weighted by molar-refractivity contribution is 0.105. The van der Waals surface area contributed by atoms with Crippen molar-refractivity contribution >= 4 is 5.78 Å². The first kappa shape index (κ1) is 15.1. The van der Waals surface area contributed by atoms with Gasteiger partial charge in [0.05, 0.1) is 12.7 Å². The monoisotopic (exact) mass is 259 g/mol. The molecule has 0 radical (unpaired) electrons. The Morgan fingerprint density at radius 2 is 1.89 bits per heavy atom. The molecule has 102 valence electrons. The molecule has 0 aliphatic rings. The summed E-state index contributed by atoms with van der Waals surface area (Å²) in [6.45, 7) is 6.32. The number of methoxy groups -OCH3 is 1. The smallest absolute Gasteiger partial charge is 0.241 e. The Morgan fingerprint density at radius 3 is 2.37 bits per heavy atom. The molecule has 1 aromatic carbocycles. The van der Waals surface area contributed by atoms with Crippen molar-refractivity contribution in [3.63, 3.8) is 0 Å². The van der Waals surface area contributed by atoms with Crippen LogP contribution in [-0.4, -0.2) is 31.9 Å². The van der Waals surface area contributed by atoms with Crippen molar-refractivity contribution in [1.82, 2.24) is 4.90 Å². The second kappa shape index (κ2) is 5.79. The lowest BCUT2D eigenvalue weighted by Crippen LogP contribution is -2.13. The number of hydrogen-bond donors (Lipinski definition) is 0. The number of hydrogen-bond acceptors (Lipinski definition) is 3. The summed E-state index contributed by atoms with van der Waals surface area (Å²) >= 11 is 0. The van der Waals surface area contributed by atoms with Crippen LogP contribution in [0, 0.1) is 12.0 Å². The van der Waals surface area contributed by atoms with E-state index >= 15 is 0 Å². The molecule has 0 aliphatic carbocycles. The van der Waals surface area contributed by atoms with Crippen molar-refractivity contribution in [1.29, 1.82) is 0 Å². The SMILES string of the molecule is COc1ccc(C(C)(C)C)cc1C(=O)C#CN(C)C. The standard InChI is InChI=1S/C16H21NO2/c1-16(2,3)12-7-8-15(19-6)13(11-12)14(18)9-10-17(4)5/h7-8,11H,1-6H3. The third kappa shape index (κ3) is 4.03. The highest BCUT2D eigenvalue weighted by Gasteiger charge is 2.18. The van der Waals surface area contributed by atoms with Crippen LogP contribution in [-0.2, 0) is 5.41 Å². The molecule has 0 saturated heterocycles. The van der Waals surface area contributed by atoms with Crippen molar-refractivity contribution in [2.45, 2.75) is 26.2 Å². The Hall–Kier alpha value is -1.95. The zero-order valence-corrected chi connectivity index (χ0v) is 12.5. The first-order chi connectivity index (χ1) is 8.75. The molecule has 0 N–H and O–H groups in total. The van der Waals surface area contributed by atoms with Crippen molar-refractivity contribution in [2.24, 2.45) is 0 Å². The van der Waals surface area contributed by atoms with Gasteiger partial charge in [-0.3, -0.25) is 4.79 Å². The highest BCUT2D eigenvalue weighted by atomic mass is 16.5. The second-order valence-electron chi connectivity index (χ2n) is 5.63. The van der Waals surface area contributed by atoms with Crippen LogP contribution in [0.1, 0.15) is 36.7 Å². The van der Waals surface area contributed by atoms with E-state index in [1.54, 1.807) is 26.1 Å². The molecule has 0 saturated carbocycles. The van der Waals surface area contributed by atoms with E-state index in [4.69, 9.17) is 4.74 Å². The first-order valence-corrected chi connectivity index (χ1v) is 6.17. The molecule has 0 aliphatic heterocycles. The zero-order valence-electron chi connectivity index (χ0n) is 12.5. The first-order valence-electron chi connectivity index (χ1n) is 6.17. The Bertz CT molecular complexity index is 528. The molecule has 0 heterocycles. The molecule has 1 rings (SSSR count). The van der Waals surface area contributed by atoms with Gasteiger partial charge in [-0.1, -0.05) is 26.8 Å². The van der Waals surface area contributed by atoms with Crippen LogP contribution in [0.25, 0.3) is 0 Å². The number of ketones is 1. The maximum Gasteiger partial charge on any atom is 0.241 e. The predicted molar refractivity (Wildman–Crippen MR) is 77.5 cm³/mol. The number of carbonyl (C=O) groups excluding carboxylic acids is 1. The van der Waals surface area contributed by atoms with Crippen LogP contribution >= 0.6 is 0 Å². The number of nitrogens with zero attached hydrogens (tertiary/aromatic N) is 1. The van der Waals surface area contributed by atoms with Gasteiger partial charge < -0.3 is 9.64 Å². The van der Waals surface area contributed by atoms with E-state index in [0.717, 1.165) is 5.56 Å². The van der Waals surface area contributed by atoms with Gasteiger partial charge in [0.2, 0.25) is 5.78 Å². The molecule has 3 nitrogen and oxygen atoms in total. The minimum atomic E-state index is -0.225. The van der Waals surface area contributed by atoms with Crippen molar-refractivity contribution in [3.8, 4) is 17.7 Å². The summed E-state index contributed by atoms with van der Waals surface area (Å²) in [5.41, 5.74) is 1.59. The Labute approximate surface area is 115 Å². The van der Waals surface area contributed by atoms with Crippen LogP contribution in [0.2, 0.25) is 0 Å². The predicted octanol–water partition coefficient (Wildman–Crippen LogP) is 2.70. The van der Waals surface area contributed by atoms with Crippen LogP contribution in [0.5, 0.6) is 5.75 Å². The normalized spacial score (nSPS) is 10.4. The van der Waals surface area contributed by atoms with Gasteiger partial charge in [0.15, 0.2) is 0 Å². The Balaban J connectivity index is 3.25. The maximum absolute atomic E-state index is 12.1. The summed E-state index contributed by atoms with van der Waals surface area (Å²) < 4.78 is 5.24. The summed E-state index contributed by atoms with van der Waals surface area (Å²) in [4.78, 5) is 13.8. The number of Topliss-reactive ketones (excluding diaryl/α,β-unsaturated/α-hetero) is 1. The quantitative estimate of drug-likeness (QED) is 0.464. The van der Waals surface area contributed by atoms with Gasteiger partial charge in [0, 0.05) is 26.1 Å². The Morgan fingerprint density at radius 1 is 1.26 bits per heavy atom. The van der Waals surface area contributed by atoms with E-state index in [2.05, 4.69) is 32.7 Å². The molecule has 0 atom stereocenters. The summed E-state index contributed by atoms with van der Waals surface area (Å²) in [7, 11) is 5.15. The van der Waals surface area contributed by atoms with Crippen molar-refractivity contribution in [3.05, 3.63) is 29.3 Å². The number of carbonyl (C=O) groups is 1. The van der Waals surface area contributed by atoms with Crippen LogP contribution in [0.3, 0.4) is 0 Å². The van der Waals surface area contributed by atoms with Crippen LogP contribution in [0.4, 0.5) is 0 Å². The van der Waals surface area contributed by atoms with E-state index in [-0.39, 0.29) is 11.2 Å². The Kier molecular flexibility index (Phi) is 4.61. The molecule has 0 fully saturated rings. The fraction of sp³-hybridized carbons (Fsp3) is 0.438. The van der Waals surface area contributed by atoms with Gasteiger partial charge in [-0.05, 0) is 23.1 Å². The van der Waals surface area contributed by atoms with E-state index in [1.807, 2.05) is 18.2 Å². The summed E-state index contributed by atoms with van der Waals surface area (Å²) in [6, 6.07) is 8.40. The molecule has 1 aromatic rings. The van der Waals surface area contributed by atoms with Gasteiger partial charge in [-0.15, -0.1) is 0 Å². The van der Waals surface area contributed by atoms with Crippen molar-refractivity contribution < 1.29 is 9.53 Å². The summed E-state index contributed by atoms with van der Waals surface area (Å²) in [5.74, 6) is 2.94. The zero-order chi connectivity index (χ0) is 14.6. The lowest BCUT2D eigenvalue weighted by atomic mass is 9.85. The minimum absolute atomic E-state index is 0.0176. The largest absolute Gasteiger partial charge is 0.496 e. The molecular weight excluding hydrogens is 238 g/mol. The van der Waals surface area contributed by atoms with E-state index in [1.165, 1.54) is 0 Å². The van der Waals surface area contributed by atoms with E-state index in [9.17, 15) is 4.79 Å². The third-order valence-corrected chi connectivity index (χ3v) is 2.70. The molecule has 0 unspecified atom stereocenters. The van der Waals surface area contributed by atoms with Gasteiger partial charge in [0.1, 0.15) is 5.75 Å². The van der Waals surface area contributed by atoms with Crippen LogP contribution in [0.15, 0.2) is 18.2 Å². The number of benzene rings is 1. The number of rotatable bonds is 2.